The van der Waals surface area contributed by atoms with Gasteiger partial charge in [-0.05, 0) is 48.6 Å². The average Bonchev–Trinajstić information content (AvgIpc) is 2.68. The van der Waals surface area contributed by atoms with Crippen molar-refractivity contribution < 1.29 is 9.53 Å². The molecule has 0 unspecified atom stereocenters. The lowest BCUT2D eigenvalue weighted by atomic mass is 10.1. The molecule has 0 radical (unpaired) electrons. The van der Waals surface area contributed by atoms with Crippen LogP contribution in [0.15, 0.2) is 42.5 Å². The van der Waals surface area contributed by atoms with Gasteiger partial charge in [-0.1, -0.05) is 35.9 Å². The summed E-state index contributed by atoms with van der Waals surface area (Å²) >= 11 is 6.44. The summed E-state index contributed by atoms with van der Waals surface area (Å²) in [4.78, 5) is 14.5. The first-order chi connectivity index (χ1) is 13.2. The van der Waals surface area contributed by atoms with E-state index in [0.717, 1.165) is 29.9 Å². The molecule has 1 saturated heterocycles. The molecule has 3 rings (SSSR count). The fraction of sp³-hybridized carbons (Fsp3) is 0.381. The monoisotopic (exact) mass is 387 g/mol. The zero-order valence-corrected chi connectivity index (χ0v) is 16.4. The summed E-state index contributed by atoms with van der Waals surface area (Å²) in [5, 5.41) is 6.37. The molecule has 1 aliphatic heterocycles. The normalized spacial score (nSPS) is 14.1. The summed E-state index contributed by atoms with van der Waals surface area (Å²) in [6, 6.07) is 13.4. The fourth-order valence-electron chi connectivity index (χ4n) is 3.25. The van der Waals surface area contributed by atoms with Crippen LogP contribution in [0, 0.1) is 0 Å². The molecule has 0 spiro atoms. The van der Waals surface area contributed by atoms with Gasteiger partial charge in [0.2, 0.25) is 0 Å². The zero-order valence-electron chi connectivity index (χ0n) is 15.6. The Hall–Kier alpha value is -2.24. The second kappa shape index (κ2) is 9.62. The SMILES string of the molecule is COCc1ccc(CNC(=O)Nc2ccc(N3CCCCC3)c(Cl)c2)cc1. The Labute approximate surface area is 165 Å². The third kappa shape index (κ3) is 5.62. The number of rotatable bonds is 6. The van der Waals surface area contributed by atoms with Crippen LogP contribution in [-0.2, 0) is 17.9 Å². The smallest absolute Gasteiger partial charge is 0.319 e. The van der Waals surface area contributed by atoms with Crippen LogP contribution < -0.4 is 15.5 Å². The van der Waals surface area contributed by atoms with Crippen molar-refractivity contribution in [3.8, 4) is 0 Å². The van der Waals surface area contributed by atoms with Crippen molar-refractivity contribution in [3.05, 3.63) is 58.6 Å². The van der Waals surface area contributed by atoms with Crippen molar-refractivity contribution in [1.82, 2.24) is 5.32 Å². The van der Waals surface area contributed by atoms with E-state index in [0.29, 0.717) is 23.9 Å². The molecule has 6 heteroatoms. The Morgan fingerprint density at radius 1 is 1.07 bits per heavy atom. The van der Waals surface area contributed by atoms with Crippen LogP contribution in [0.25, 0.3) is 0 Å². The highest BCUT2D eigenvalue weighted by molar-refractivity contribution is 6.33. The molecular formula is C21H26ClN3O2. The maximum absolute atomic E-state index is 12.2. The van der Waals surface area contributed by atoms with Crippen LogP contribution in [0.2, 0.25) is 5.02 Å². The highest BCUT2D eigenvalue weighted by Crippen LogP contribution is 2.30. The Kier molecular flexibility index (Phi) is 6.96. The molecule has 0 saturated carbocycles. The van der Waals surface area contributed by atoms with E-state index in [1.54, 1.807) is 7.11 Å². The topological polar surface area (TPSA) is 53.6 Å². The predicted molar refractivity (Wildman–Crippen MR) is 111 cm³/mol. The van der Waals surface area contributed by atoms with Gasteiger partial charge in [-0.15, -0.1) is 0 Å². The summed E-state index contributed by atoms with van der Waals surface area (Å²) in [6.07, 6.45) is 3.68. The van der Waals surface area contributed by atoms with Crippen LogP contribution in [0.5, 0.6) is 0 Å². The van der Waals surface area contributed by atoms with Crippen molar-refractivity contribution in [1.29, 1.82) is 0 Å². The number of piperidine rings is 1. The van der Waals surface area contributed by atoms with E-state index in [1.807, 2.05) is 42.5 Å². The molecule has 2 aromatic carbocycles. The van der Waals surface area contributed by atoms with Gasteiger partial charge in [0.25, 0.3) is 0 Å². The first kappa shape index (κ1) is 19.5. The Morgan fingerprint density at radius 2 is 1.78 bits per heavy atom. The third-order valence-electron chi connectivity index (χ3n) is 4.69. The van der Waals surface area contributed by atoms with Crippen LogP contribution in [0.4, 0.5) is 16.2 Å². The molecule has 1 aliphatic rings. The molecule has 2 aromatic rings. The van der Waals surface area contributed by atoms with Crippen LogP contribution >= 0.6 is 11.6 Å². The number of carbonyl (C=O) groups is 1. The van der Waals surface area contributed by atoms with Crippen molar-refractivity contribution in [2.45, 2.75) is 32.4 Å². The number of halogens is 1. The van der Waals surface area contributed by atoms with E-state index in [1.165, 1.54) is 19.3 Å². The Bertz CT molecular complexity index is 759. The maximum Gasteiger partial charge on any atom is 0.319 e. The molecule has 2 N–H and O–H groups in total. The van der Waals surface area contributed by atoms with Crippen molar-refractivity contribution in [2.24, 2.45) is 0 Å². The lowest BCUT2D eigenvalue weighted by Gasteiger charge is -2.29. The predicted octanol–water partition coefficient (Wildman–Crippen LogP) is 4.80. The second-order valence-corrected chi connectivity index (χ2v) is 7.18. The van der Waals surface area contributed by atoms with Gasteiger partial charge in [0, 0.05) is 32.4 Å². The summed E-state index contributed by atoms with van der Waals surface area (Å²) in [7, 11) is 1.67. The number of amides is 2. The van der Waals surface area contributed by atoms with Gasteiger partial charge in [0.15, 0.2) is 0 Å². The number of nitrogens with one attached hydrogen (secondary N) is 2. The van der Waals surface area contributed by atoms with E-state index in [9.17, 15) is 4.79 Å². The number of nitrogens with zero attached hydrogens (tertiary/aromatic N) is 1. The van der Waals surface area contributed by atoms with Gasteiger partial charge in [-0.2, -0.15) is 0 Å². The molecule has 144 valence electrons. The van der Waals surface area contributed by atoms with Crippen LogP contribution in [0.3, 0.4) is 0 Å². The molecule has 0 bridgehead atoms. The lowest BCUT2D eigenvalue weighted by molar-refractivity contribution is 0.185. The minimum absolute atomic E-state index is 0.252. The Balaban J connectivity index is 1.52. The van der Waals surface area contributed by atoms with Crippen molar-refractivity contribution in [3.63, 3.8) is 0 Å². The first-order valence-electron chi connectivity index (χ1n) is 9.32. The second-order valence-electron chi connectivity index (χ2n) is 6.77. The number of hydrogen-bond donors (Lipinski definition) is 2. The van der Waals surface area contributed by atoms with Crippen LogP contribution in [-0.4, -0.2) is 26.2 Å². The first-order valence-corrected chi connectivity index (χ1v) is 9.69. The standard InChI is InChI=1S/C21H26ClN3O2/c1-27-15-17-7-5-16(6-8-17)14-23-21(26)24-18-9-10-20(19(22)13-18)25-11-3-2-4-12-25/h5-10,13H,2-4,11-12,14-15H2,1H3,(H2,23,24,26). The van der Waals surface area contributed by atoms with E-state index >= 15 is 0 Å². The molecule has 1 fully saturated rings. The number of hydrogen-bond acceptors (Lipinski definition) is 3. The molecule has 0 atom stereocenters. The highest BCUT2D eigenvalue weighted by atomic mass is 35.5. The largest absolute Gasteiger partial charge is 0.380 e. The summed E-state index contributed by atoms with van der Waals surface area (Å²) in [5.41, 5.74) is 3.87. The quantitative estimate of drug-likeness (QED) is 0.748. The minimum Gasteiger partial charge on any atom is -0.380 e. The highest BCUT2D eigenvalue weighted by Gasteiger charge is 2.14. The van der Waals surface area contributed by atoms with E-state index in [2.05, 4.69) is 15.5 Å². The number of ether oxygens (including phenoxy) is 1. The number of methoxy groups -OCH3 is 1. The van der Waals surface area contributed by atoms with E-state index < -0.39 is 0 Å². The molecule has 2 amide bonds. The van der Waals surface area contributed by atoms with Gasteiger partial charge in [-0.3, -0.25) is 0 Å². The summed E-state index contributed by atoms with van der Waals surface area (Å²) in [5.74, 6) is 0. The molecule has 0 aliphatic carbocycles. The third-order valence-corrected chi connectivity index (χ3v) is 4.99. The van der Waals surface area contributed by atoms with Gasteiger partial charge in [0.1, 0.15) is 0 Å². The van der Waals surface area contributed by atoms with Gasteiger partial charge < -0.3 is 20.3 Å². The number of benzene rings is 2. The number of carbonyl (C=O) groups excluding carboxylic acids is 1. The van der Waals surface area contributed by atoms with Crippen molar-refractivity contribution >= 4 is 29.0 Å². The lowest BCUT2D eigenvalue weighted by Crippen LogP contribution is -2.30. The molecule has 0 aromatic heterocycles. The van der Waals surface area contributed by atoms with E-state index in [4.69, 9.17) is 16.3 Å². The van der Waals surface area contributed by atoms with Gasteiger partial charge >= 0.3 is 6.03 Å². The molecule has 1 heterocycles. The summed E-state index contributed by atoms with van der Waals surface area (Å²) in [6.45, 7) is 3.12. The number of urea groups is 1. The van der Waals surface area contributed by atoms with Gasteiger partial charge in [-0.25, -0.2) is 4.79 Å². The Morgan fingerprint density at radius 3 is 2.44 bits per heavy atom. The molecule has 5 nitrogen and oxygen atoms in total. The van der Waals surface area contributed by atoms with Gasteiger partial charge in [0.05, 0.1) is 17.3 Å². The minimum atomic E-state index is -0.252. The summed E-state index contributed by atoms with van der Waals surface area (Å²) < 4.78 is 5.10. The number of anilines is 2. The maximum atomic E-state index is 12.2. The fourth-order valence-corrected chi connectivity index (χ4v) is 3.55. The van der Waals surface area contributed by atoms with Crippen LogP contribution in [0.1, 0.15) is 30.4 Å². The zero-order chi connectivity index (χ0) is 19.1. The molecular weight excluding hydrogens is 362 g/mol. The van der Waals surface area contributed by atoms with E-state index in [-0.39, 0.29) is 6.03 Å². The average molecular weight is 388 g/mol. The molecule has 27 heavy (non-hydrogen) atoms. The van der Waals surface area contributed by atoms with Crippen molar-refractivity contribution in [2.75, 3.05) is 30.4 Å².